The van der Waals surface area contributed by atoms with E-state index in [2.05, 4.69) is 66.3 Å². The molecule has 4 heteroatoms. The van der Waals surface area contributed by atoms with E-state index >= 15 is 0 Å². The van der Waals surface area contributed by atoms with Crippen LogP contribution in [0.25, 0.3) is 0 Å². The van der Waals surface area contributed by atoms with Gasteiger partial charge in [0.05, 0.1) is 6.04 Å². The predicted octanol–water partition coefficient (Wildman–Crippen LogP) is 5.00. The topological polar surface area (TPSA) is 41.1 Å². The number of fused-ring (bicyclic) bond motifs is 2. The van der Waals surface area contributed by atoms with Crippen LogP contribution in [0.5, 0.6) is 0 Å². The van der Waals surface area contributed by atoms with Crippen molar-refractivity contribution in [2.24, 2.45) is 5.92 Å². The van der Waals surface area contributed by atoms with E-state index in [4.69, 9.17) is 0 Å². The van der Waals surface area contributed by atoms with Crippen molar-refractivity contribution < 1.29 is 4.79 Å². The zero-order chi connectivity index (χ0) is 18.8. The first kappa shape index (κ1) is 18.7. The summed E-state index contributed by atoms with van der Waals surface area (Å²) < 4.78 is 0. The maximum absolute atomic E-state index is 12.9. The summed E-state index contributed by atoms with van der Waals surface area (Å²) in [6, 6.07) is 14.1. The van der Waals surface area contributed by atoms with Crippen LogP contribution in [0.1, 0.15) is 73.9 Å². The van der Waals surface area contributed by atoms with Crippen molar-refractivity contribution in [3.8, 4) is 0 Å². The Labute approximate surface area is 166 Å². The first-order chi connectivity index (χ1) is 13.1. The summed E-state index contributed by atoms with van der Waals surface area (Å²) in [5.74, 6) is 1.23. The molecular weight excluding hydrogens is 352 g/mol. The summed E-state index contributed by atoms with van der Waals surface area (Å²) in [5.41, 5.74) is 2.50. The molecule has 3 atom stereocenters. The highest BCUT2D eigenvalue weighted by Gasteiger charge is 2.34. The second-order valence-corrected chi connectivity index (χ2v) is 9.50. The molecule has 1 amide bonds. The van der Waals surface area contributed by atoms with Crippen LogP contribution >= 0.6 is 11.3 Å². The van der Waals surface area contributed by atoms with Crippen LogP contribution in [-0.4, -0.2) is 18.0 Å². The van der Waals surface area contributed by atoms with Crippen LogP contribution in [0.4, 0.5) is 0 Å². The molecule has 2 saturated heterocycles. The number of hydrogen-bond acceptors (Lipinski definition) is 3. The van der Waals surface area contributed by atoms with Crippen molar-refractivity contribution in [2.45, 2.75) is 70.0 Å². The Morgan fingerprint density at radius 2 is 1.78 bits per heavy atom. The van der Waals surface area contributed by atoms with Gasteiger partial charge < -0.3 is 10.6 Å². The molecule has 1 aromatic heterocycles. The van der Waals surface area contributed by atoms with Crippen molar-refractivity contribution >= 4 is 17.2 Å². The normalized spacial score (nSPS) is 25.5. The van der Waals surface area contributed by atoms with E-state index in [1.54, 1.807) is 11.3 Å². The molecule has 2 aromatic rings. The third-order valence-electron chi connectivity index (χ3n) is 6.11. The zero-order valence-corrected chi connectivity index (χ0v) is 17.1. The van der Waals surface area contributed by atoms with Gasteiger partial charge in [0.2, 0.25) is 5.91 Å². The first-order valence-corrected chi connectivity index (χ1v) is 11.1. The number of piperidine rings is 1. The maximum Gasteiger partial charge on any atom is 0.221 e. The standard InChI is InChI=1S/C23H30N2OS/c1-15(2)17-5-7-18(8-6-17)23(21-4-3-11-27-21)25-22(26)14-16-12-19-9-10-20(13-16)24-19/h3-8,11,15-16,19-20,23-24H,9-10,12-14H2,1-2H3,(H,25,26). The summed E-state index contributed by atoms with van der Waals surface area (Å²) in [4.78, 5) is 14.1. The second-order valence-electron chi connectivity index (χ2n) is 8.52. The molecule has 2 fully saturated rings. The van der Waals surface area contributed by atoms with E-state index in [9.17, 15) is 4.79 Å². The number of carbonyl (C=O) groups is 1. The number of amides is 1. The van der Waals surface area contributed by atoms with Crippen molar-refractivity contribution in [1.82, 2.24) is 10.6 Å². The molecule has 0 aliphatic carbocycles. The molecule has 144 valence electrons. The highest BCUT2D eigenvalue weighted by molar-refractivity contribution is 7.10. The molecule has 3 unspecified atom stereocenters. The largest absolute Gasteiger partial charge is 0.344 e. The quantitative estimate of drug-likeness (QED) is 0.738. The Hall–Kier alpha value is -1.65. The monoisotopic (exact) mass is 382 g/mol. The van der Waals surface area contributed by atoms with Gasteiger partial charge in [0.15, 0.2) is 0 Å². The van der Waals surface area contributed by atoms with Crippen molar-refractivity contribution in [3.05, 3.63) is 57.8 Å². The van der Waals surface area contributed by atoms with Gasteiger partial charge in [-0.1, -0.05) is 44.2 Å². The molecule has 0 radical (unpaired) electrons. The van der Waals surface area contributed by atoms with Gasteiger partial charge in [-0.3, -0.25) is 4.79 Å². The number of rotatable bonds is 6. The average molecular weight is 383 g/mol. The van der Waals surface area contributed by atoms with Crippen molar-refractivity contribution in [1.29, 1.82) is 0 Å². The van der Waals surface area contributed by atoms with Gasteiger partial charge in [-0.05, 0) is 60.1 Å². The fraction of sp³-hybridized carbons (Fsp3) is 0.522. The summed E-state index contributed by atoms with van der Waals surface area (Å²) in [5, 5.41) is 9.08. The molecular formula is C23H30N2OS. The molecule has 0 spiro atoms. The number of nitrogens with one attached hydrogen (secondary N) is 2. The van der Waals surface area contributed by atoms with E-state index in [0.29, 0.717) is 30.3 Å². The highest BCUT2D eigenvalue weighted by Crippen LogP contribution is 2.33. The molecule has 3 nitrogen and oxygen atoms in total. The third-order valence-corrected chi connectivity index (χ3v) is 7.05. The molecule has 2 aliphatic rings. The summed E-state index contributed by atoms with van der Waals surface area (Å²) in [7, 11) is 0. The first-order valence-electron chi connectivity index (χ1n) is 10.3. The molecule has 2 aliphatic heterocycles. The molecule has 1 aromatic carbocycles. The molecule has 4 rings (SSSR count). The van der Waals surface area contributed by atoms with Gasteiger partial charge in [0.1, 0.15) is 0 Å². The van der Waals surface area contributed by atoms with Gasteiger partial charge in [0.25, 0.3) is 0 Å². The van der Waals surface area contributed by atoms with Crippen LogP contribution in [0.15, 0.2) is 41.8 Å². The van der Waals surface area contributed by atoms with Gasteiger partial charge >= 0.3 is 0 Å². The lowest BCUT2D eigenvalue weighted by Crippen LogP contribution is -2.40. The van der Waals surface area contributed by atoms with Gasteiger partial charge in [-0.25, -0.2) is 0 Å². The summed E-state index contributed by atoms with van der Waals surface area (Å²) in [6.07, 6.45) is 5.51. The summed E-state index contributed by atoms with van der Waals surface area (Å²) in [6.45, 7) is 4.42. The van der Waals surface area contributed by atoms with Crippen LogP contribution in [0, 0.1) is 5.92 Å². The lowest BCUT2D eigenvalue weighted by molar-refractivity contribution is -0.122. The Kier molecular flexibility index (Phi) is 5.65. The van der Waals surface area contributed by atoms with E-state index in [1.807, 2.05) is 0 Å². The Morgan fingerprint density at radius 1 is 1.11 bits per heavy atom. The fourth-order valence-electron chi connectivity index (χ4n) is 4.67. The summed E-state index contributed by atoms with van der Waals surface area (Å²) >= 11 is 1.71. The molecule has 2 N–H and O–H groups in total. The highest BCUT2D eigenvalue weighted by atomic mass is 32.1. The molecule has 3 heterocycles. The molecule has 0 saturated carbocycles. The number of hydrogen-bond donors (Lipinski definition) is 2. The lowest BCUT2D eigenvalue weighted by atomic mass is 9.89. The number of benzene rings is 1. The van der Waals surface area contributed by atoms with Crippen LogP contribution in [-0.2, 0) is 4.79 Å². The second kappa shape index (κ2) is 8.15. The van der Waals surface area contributed by atoms with E-state index in [0.717, 1.165) is 12.8 Å². The number of thiophene rings is 1. The Balaban J connectivity index is 1.45. The zero-order valence-electron chi connectivity index (χ0n) is 16.3. The van der Waals surface area contributed by atoms with E-state index in [1.165, 1.54) is 28.8 Å². The van der Waals surface area contributed by atoms with Gasteiger partial charge in [-0.15, -0.1) is 11.3 Å². The molecule has 27 heavy (non-hydrogen) atoms. The van der Waals surface area contributed by atoms with Crippen LogP contribution in [0.2, 0.25) is 0 Å². The van der Waals surface area contributed by atoms with E-state index < -0.39 is 0 Å². The van der Waals surface area contributed by atoms with Gasteiger partial charge in [-0.2, -0.15) is 0 Å². The minimum atomic E-state index is -0.0443. The number of carbonyl (C=O) groups excluding carboxylic acids is 1. The van der Waals surface area contributed by atoms with Crippen molar-refractivity contribution in [2.75, 3.05) is 0 Å². The minimum absolute atomic E-state index is 0.0443. The molecule has 2 bridgehead atoms. The van der Waals surface area contributed by atoms with E-state index in [-0.39, 0.29) is 11.9 Å². The average Bonchev–Trinajstić information content (AvgIpc) is 3.29. The van der Waals surface area contributed by atoms with Crippen LogP contribution < -0.4 is 10.6 Å². The minimum Gasteiger partial charge on any atom is -0.344 e. The third kappa shape index (κ3) is 4.44. The van der Waals surface area contributed by atoms with Gasteiger partial charge in [0, 0.05) is 23.4 Å². The van der Waals surface area contributed by atoms with Crippen molar-refractivity contribution in [3.63, 3.8) is 0 Å². The maximum atomic E-state index is 12.9. The predicted molar refractivity (Wildman–Crippen MR) is 112 cm³/mol. The fourth-order valence-corrected chi connectivity index (χ4v) is 5.47. The lowest BCUT2D eigenvalue weighted by Gasteiger charge is -2.29. The SMILES string of the molecule is CC(C)c1ccc(C(NC(=O)CC2CC3CCC(C2)N3)c2cccs2)cc1. The Bertz CT molecular complexity index is 741. The van der Waals surface area contributed by atoms with Crippen LogP contribution in [0.3, 0.4) is 0 Å². The smallest absolute Gasteiger partial charge is 0.221 e. The Morgan fingerprint density at radius 3 is 2.37 bits per heavy atom.